The lowest BCUT2D eigenvalue weighted by molar-refractivity contribution is -0.385. The number of nitrogens with zero attached hydrogens (tertiary/aromatic N) is 2. The van der Waals surface area contributed by atoms with Gasteiger partial charge in [0, 0.05) is 18.7 Å². The molecule has 1 aliphatic heterocycles. The van der Waals surface area contributed by atoms with Crippen LogP contribution in [0.2, 0.25) is 0 Å². The van der Waals surface area contributed by atoms with Gasteiger partial charge in [0.2, 0.25) is 0 Å². The van der Waals surface area contributed by atoms with Crippen molar-refractivity contribution >= 4 is 17.6 Å². The number of likely N-dealkylation sites (tertiary alicyclic amines) is 1. The second-order valence-electron chi connectivity index (χ2n) is 6.07. The molecule has 1 amide bonds. The summed E-state index contributed by atoms with van der Waals surface area (Å²) in [5.41, 5.74) is -1.84. The molecule has 1 aromatic rings. The van der Waals surface area contributed by atoms with Gasteiger partial charge in [-0.25, -0.2) is 4.39 Å². The van der Waals surface area contributed by atoms with Crippen LogP contribution in [-0.2, 0) is 4.79 Å². The number of carbonyl (C=O) groups excluding carboxylic acids is 1. The summed E-state index contributed by atoms with van der Waals surface area (Å²) in [7, 11) is 0. The number of nitro benzene ring substituents is 1. The molecule has 1 N–H and O–H groups in total. The van der Waals surface area contributed by atoms with Crippen molar-refractivity contribution in [2.24, 2.45) is 5.41 Å². The minimum absolute atomic E-state index is 0.0522. The molecule has 0 radical (unpaired) electrons. The number of aryl methyl sites for hydroxylation is 1. The third-order valence-electron chi connectivity index (χ3n) is 4.18. The lowest BCUT2D eigenvalue weighted by atomic mass is 9.82. The largest absolute Gasteiger partial charge is 0.481 e. The summed E-state index contributed by atoms with van der Waals surface area (Å²) in [6.07, 6.45) is 0.882. The van der Waals surface area contributed by atoms with Crippen molar-refractivity contribution in [2.75, 3.05) is 13.1 Å². The average molecular weight is 324 g/mol. The molecule has 0 spiro atoms. The standard InChI is InChI=1S/C15H17FN2O5/c1-9-6-10(16)7-11(12(9)18(22)23)13(19)17-5-3-4-15(2,8-17)14(20)21/h6-7H,3-5,8H2,1-2H3,(H,20,21). The number of benzene rings is 1. The predicted octanol–water partition coefficient (Wildman–Crippen LogP) is 2.37. The number of rotatable bonds is 3. The van der Waals surface area contributed by atoms with E-state index in [0.29, 0.717) is 12.8 Å². The third kappa shape index (κ3) is 3.15. The van der Waals surface area contributed by atoms with Crippen LogP contribution in [0.25, 0.3) is 0 Å². The fourth-order valence-electron chi connectivity index (χ4n) is 2.90. The maximum Gasteiger partial charge on any atom is 0.311 e. The van der Waals surface area contributed by atoms with Crippen LogP contribution in [0.5, 0.6) is 0 Å². The number of hydrogen-bond donors (Lipinski definition) is 1. The Kier molecular flexibility index (Phi) is 4.35. The Morgan fingerprint density at radius 1 is 1.43 bits per heavy atom. The Morgan fingerprint density at radius 2 is 2.09 bits per heavy atom. The first-order valence-corrected chi connectivity index (χ1v) is 7.13. The SMILES string of the molecule is Cc1cc(F)cc(C(=O)N2CCCC(C)(C(=O)O)C2)c1[N+](=O)[O-]. The molecular weight excluding hydrogens is 307 g/mol. The highest BCUT2D eigenvalue weighted by molar-refractivity contribution is 5.99. The van der Waals surface area contributed by atoms with Crippen molar-refractivity contribution in [3.8, 4) is 0 Å². The van der Waals surface area contributed by atoms with Crippen LogP contribution >= 0.6 is 0 Å². The molecular formula is C15H17FN2O5. The summed E-state index contributed by atoms with van der Waals surface area (Å²) in [5.74, 6) is -2.49. The van der Waals surface area contributed by atoms with Crippen molar-refractivity contribution in [3.05, 3.63) is 39.2 Å². The molecule has 23 heavy (non-hydrogen) atoms. The van der Waals surface area contributed by atoms with Gasteiger partial charge in [-0.2, -0.15) is 0 Å². The molecule has 0 saturated carbocycles. The summed E-state index contributed by atoms with van der Waals surface area (Å²) >= 11 is 0. The number of carboxylic acids is 1. The third-order valence-corrected chi connectivity index (χ3v) is 4.18. The highest BCUT2D eigenvalue weighted by Gasteiger charge is 2.40. The van der Waals surface area contributed by atoms with Gasteiger partial charge in [0.15, 0.2) is 0 Å². The lowest BCUT2D eigenvalue weighted by Crippen LogP contribution is -2.48. The summed E-state index contributed by atoms with van der Waals surface area (Å²) < 4.78 is 13.6. The molecule has 1 atom stereocenters. The molecule has 0 bridgehead atoms. The number of nitro groups is 1. The molecule has 1 heterocycles. The van der Waals surface area contributed by atoms with Gasteiger partial charge >= 0.3 is 5.97 Å². The molecule has 0 aliphatic carbocycles. The fraction of sp³-hybridized carbons (Fsp3) is 0.467. The van der Waals surface area contributed by atoms with Gasteiger partial charge in [-0.15, -0.1) is 0 Å². The number of amides is 1. The number of carboxylic acid groups (broad SMARTS) is 1. The summed E-state index contributed by atoms with van der Waals surface area (Å²) in [6.45, 7) is 3.11. The van der Waals surface area contributed by atoms with E-state index in [9.17, 15) is 29.2 Å². The molecule has 2 rings (SSSR count). The quantitative estimate of drug-likeness (QED) is 0.679. The van der Waals surface area contributed by atoms with Crippen LogP contribution in [0.15, 0.2) is 12.1 Å². The van der Waals surface area contributed by atoms with E-state index in [-0.39, 0.29) is 24.2 Å². The van der Waals surface area contributed by atoms with Gasteiger partial charge in [0.1, 0.15) is 11.4 Å². The Morgan fingerprint density at radius 3 is 2.65 bits per heavy atom. The highest BCUT2D eigenvalue weighted by Crippen LogP contribution is 2.32. The number of aliphatic carboxylic acids is 1. The second kappa shape index (κ2) is 5.94. The van der Waals surface area contributed by atoms with Crippen LogP contribution in [0.1, 0.15) is 35.7 Å². The Balaban J connectivity index is 2.41. The molecule has 1 saturated heterocycles. The molecule has 0 aromatic heterocycles. The van der Waals surface area contributed by atoms with Crippen LogP contribution in [-0.4, -0.2) is 39.9 Å². The molecule has 8 heteroatoms. The number of carbonyl (C=O) groups is 2. The minimum atomic E-state index is -1.11. The first-order chi connectivity index (χ1) is 10.7. The van der Waals surface area contributed by atoms with Gasteiger partial charge in [-0.05, 0) is 38.8 Å². The van der Waals surface area contributed by atoms with Gasteiger partial charge < -0.3 is 10.0 Å². The van der Waals surface area contributed by atoms with E-state index in [1.54, 1.807) is 0 Å². The van der Waals surface area contributed by atoms with Gasteiger partial charge in [0.05, 0.1) is 10.3 Å². The first-order valence-electron chi connectivity index (χ1n) is 7.13. The van der Waals surface area contributed by atoms with Crippen LogP contribution < -0.4 is 0 Å². The summed E-state index contributed by atoms with van der Waals surface area (Å²) in [6, 6.07) is 1.83. The number of hydrogen-bond acceptors (Lipinski definition) is 4. The normalized spacial score (nSPS) is 21.1. The number of piperidine rings is 1. The van der Waals surface area contributed by atoms with Crippen LogP contribution in [0.3, 0.4) is 0 Å². The van der Waals surface area contributed by atoms with Gasteiger partial charge in [-0.1, -0.05) is 0 Å². The number of halogens is 1. The van der Waals surface area contributed by atoms with E-state index in [4.69, 9.17) is 0 Å². The monoisotopic (exact) mass is 324 g/mol. The highest BCUT2D eigenvalue weighted by atomic mass is 19.1. The topological polar surface area (TPSA) is 101 Å². The van der Waals surface area contributed by atoms with Crippen LogP contribution in [0.4, 0.5) is 10.1 Å². The van der Waals surface area contributed by atoms with Crippen molar-refractivity contribution in [3.63, 3.8) is 0 Å². The zero-order valence-corrected chi connectivity index (χ0v) is 12.8. The van der Waals surface area contributed by atoms with Crippen molar-refractivity contribution in [1.29, 1.82) is 0 Å². The van der Waals surface area contributed by atoms with E-state index >= 15 is 0 Å². The van der Waals surface area contributed by atoms with Crippen LogP contribution in [0, 0.1) is 28.3 Å². The smallest absolute Gasteiger partial charge is 0.311 e. The maximum atomic E-state index is 13.6. The van der Waals surface area contributed by atoms with Crippen molar-refractivity contribution in [1.82, 2.24) is 4.90 Å². The van der Waals surface area contributed by atoms with Gasteiger partial charge in [0.25, 0.3) is 11.6 Å². The predicted molar refractivity (Wildman–Crippen MR) is 78.7 cm³/mol. The van der Waals surface area contributed by atoms with Gasteiger partial charge in [-0.3, -0.25) is 19.7 Å². The second-order valence-corrected chi connectivity index (χ2v) is 6.07. The molecule has 1 unspecified atom stereocenters. The molecule has 1 aromatic carbocycles. The summed E-state index contributed by atoms with van der Waals surface area (Å²) in [4.78, 5) is 35.7. The first kappa shape index (κ1) is 16.9. The van der Waals surface area contributed by atoms with Crippen molar-refractivity contribution < 1.29 is 24.0 Å². The maximum absolute atomic E-state index is 13.6. The minimum Gasteiger partial charge on any atom is -0.481 e. The molecule has 1 aliphatic rings. The van der Waals surface area contributed by atoms with E-state index < -0.39 is 33.7 Å². The Labute approximate surface area is 131 Å². The fourth-order valence-corrected chi connectivity index (χ4v) is 2.90. The Bertz CT molecular complexity index is 691. The molecule has 1 fully saturated rings. The average Bonchev–Trinajstić information content (AvgIpc) is 2.45. The van der Waals surface area contributed by atoms with Crippen molar-refractivity contribution in [2.45, 2.75) is 26.7 Å². The molecule has 7 nitrogen and oxygen atoms in total. The van der Waals surface area contributed by atoms with E-state index in [1.807, 2.05) is 0 Å². The summed E-state index contributed by atoms with van der Waals surface area (Å²) in [5, 5.41) is 20.5. The zero-order valence-electron chi connectivity index (χ0n) is 12.8. The zero-order chi connectivity index (χ0) is 17.4. The van der Waals surface area contributed by atoms with E-state index in [0.717, 1.165) is 12.1 Å². The lowest BCUT2D eigenvalue weighted by Gasteiger charge is -2.37. The van der Waals surface area contributed by atoms with E-state index in [1.165, 1.54) is 18.7 Å². The Hall–Kier alpha value is -2.51. The van der Waals surface area contributed by atoms with E-state index in [2.05, 4.69) is 0 Å². The molecule has 124 valence electrons.